The van der Waals surface area contributed by atoms with Crippen LogP contribution < -0.4 is 17.0 Å². The van der Waals surface area contributed by atoms with Gasteiger partial charge >= 0.3 is 0 Å². The summed E-state index contributed by atoms with van der Waals surface area (Å²) in [5.74, 6) is -1.55. The van der Waals surface area contributed by atoms with Crippen molar-refractivity contribution in [3.05, 3.63) is 76.0 Å². The highest BCUT2D eigenvalue weighted by molar-refractivity contribution is 6.10. The third kappa shape index (κ3) is 2.99. The lowest BCUT2D eigenvalue weighted by Gasteiger charge is -2.13. The molecule has 7 heteroatoms. The first-order valence-corrected chi connectivity index (χ1v) is 7.43. The zero-order valence-corrected chi connectivity index (χ0v) is 13.4. The van der Waals surface area contributed by atoms with Crippen LogP contribution in [0.4, 0.5) is 4.39 Å². The summed E-state index contributed by atoms with van der Waals surface area (Å²) < 4.78 is 14.9. The molecule has 0 aliphatic carbocycles. The van der Waals surface area contributed by atoms with Gasteiger partial charge < -0.3 is 11.5 Å². The van der Waals surface area contributed by atoms with Gasteiger partial charge in [0.2, 0.25) is 0 Å². The summed E-state index contributed by atoms with van der Waals surface area (Å²) in [5, 5.41) is 0.732. The predicted molar refractivity (Wildman–Crippen MR) is 94.4 cm³/mol. The number of pyridine rings is 1. The van der Waals surface area contributed by atoms with Crippen LogP contribution in [-0.4, -0.2) is 16.4 Å². The fourth-order valence-electron chi connectivity index (χ4n) is 2.66. The number of aliphatic imine (C=N–C) groups is 1. The average molecular weight is 338 g/mol. The van der Waals surface area contributed by atoms with Gasteiger partial charge in [0.25, 0.3) is 11.5 Å². The van der Waals surface area contributed by atoms with E-state index in [1.807, 2.05) is 0 Å². The second-order valence-corrected chi connectivity index (χ2v) is 5.54. The molecule has 0 spiro atoms. The molecule has 0 bridgehead atoms. The van der Waals surface area contributed by atoms with Gasteiger partial charge in [-0.1, -0.05) is 24.3 Å². The average Bonchev–Trinajstić information content (AvgIpc) is 2.57. The number of carbonyl (C=O) groups is 1. The molecule has 0 aliphatic rings. The van der Waals surface area contributed by atoms with Crippen LogP contribution in [0.15, 0.2) is 58.4 Å². The topological polar surface area (TPSA) is 103 Å². The number of nitrogens with zero attached hydrogens (tertiary/aromatic N) is 2. The van der Waals surface area contributed by atoms with Gasteiger partial charge in [0.1, 0.15) is 5.82 Å². The molecule has 0 radical (unpaired) electrons. The number of hydrogen-bond donors (Lipinski definition) is 2. The van der Waals surface area contributed by atoms with Gasteiger partial charge in [-0.25, -0.2) is 4.39 Å². The van der Waals surface area contributed by atoms with Crippen molar-refractivity contribution in [2.45, 2.75) is 6.92 Å². The van der Waals surface area contributed by atoms with Gasteiger partial charge in [-0.15, -0.1) is 0 Å². The van der Waals surface area contributed by atoms with E-state index in [-0.39, 0.29) is 17.1 Å². The Morgan fingerprint density at radius 1 is 1.12 bits per heavy atom. The molecule has 3 aromatic rings. The summed E-state index contributed by atoms with van der Waals surface area (Å²) >= 11 is 0. The van der Waals surface area contributed by atoms with E-state index in [1.165, 1.54) is 22.9 Å². The molecule has 4 N–H and O–H groups in total. The molecule has 0 saturated carbocycles. The first-order chi connectivity index (χ1) is 11.9. The number of fused-ring (bicyclic) bond motifs is 1. The second-order valence-electron chi connectivity index (χ2n) is 5.54. The molecule has 2 aromatic carbocycles. The fraction of sp³-hybridized carbons (Fsp3) is 0.0556. The molecular formula is C18H15FN4O2. The van der Waals surface area contributed by atoms with Crippen LogP contribution in [0.1, 0.15) is 15.9 Å². The van der Waals surface area contributed by atoms with Crippen LogP contribution in [0.5, 0.6) is 0 Å². The number of guanidine groups is 1. The first-order valence-electron chi connectivity index (χ1n) is 7.43. The highest BCUT2D eigenvalue weighted by atomic mass is 19.1. The van der Waals surface area contributed by atoms with E-state index in [0.29, 0.717) is 22.0 Å². The van der Waals surface area contributed by atoms with Crippen molar-refractivity contribution in [1.29, 1.82) is 0 Å². The Morgan fingerprint density at radius 2 is 1.80 bits per heavy atom. The highest BCUT2D eigenvalue weighted by Crippen LogP contribution is 2.20. The maximum Gasteiger partial charge on any atom is 0.282 e. The largest absolute Gasteiger partial charge is 0.370 e. The molecule has 0 fully saturated rings. The van der Waals surface area contributed by atoms with E-state index >= 15 is 0 Å². The van der Waals surface area contributed by atoms with Crippen molar-refractivity contribution in [1.82, 2.24) is 4.57 Å². The Hall–Kier alpha value is -3.48. The third-order valence-electron chi connectivity index (χ3n) is 3.82. The number of aromatic nitrogens is 1. The zero-order valence-electron chi connectivity index (χ0n) is 13.4. The Balaban J connectivity index is 2.40. The SMILES string of the molecule is Cc1ccc(F)cc1-n1cc(C(=O)N=C(N)N)c2ccccc2c1=O. The molecule has 1 amide bonds. The van der Waals surface area contributed by atoms with Crippen LogP contribution in [-0.2, 0) is 0 Å². The molecule has 1 heterocycles. The van der Waals surface area contributed by atoms with Gasteiger partial charge in [0.05, 0.1) is 11.3 Å². The van der Waals surface area contributed by atoms with Gasteiger partial charge in [-0.2, -0.15) is 4.99 Å². The molecule has 1 aromatic heterocycles. The smallest absolute Gasteiger partial charge is 0.282 e. The fourth-order valence-corrected chi connectivity index (χ4v) is 2.66. The standard InChI is InChI=1S/C18H15FN4O2/c1-10-6-7-11(19)8-15(10)23-9-14(16(24)22-18(20)21)12-4-2-3-5-13(12)17(23)25/h2-9H,1H3,(H4,20,21,22,24). The number of benzene rings is 2. The molecule has 6 nitrogen and oxygen atoms in total. The van der Waals surface area contributed by atoms with Crippen molar-refractivity contribution in [2.75, 3.05) is 0 Å². The number of carbonyl (C=O) groups excluding carboxylic acids is 1. The Kier molecular flexibility index (Phi) is 4.06. The predicted octanol–water partition coefficient (Wildman–Crippen LogP) is 1.85. The Morgan fingerprint density at radius 3 is 2.48 bits per heavy atom. The second kappa shape index (κ2) is 6.20. The molecule has 3 rings (SSSR count). The quantitative estimate of drug-likeness (QED) is 0.550. The molecule has 126 valence electrons. The van der Waals surface area contributed by atoms with E-state index in [2.05, 4.69) is 4.99 Å². The molecule has 0 unspecified atom stereocenters. The number of halogens is 1. The Labute approximate surface area is 142 Å². The van der Waals surface area contributed by atoms with Gasteiger partial charge in [0, 0.05) is 17.0 Å². The van der Waals surface area contributed by atoms with Crippen molar-refractivity contribution in [3.63, 3.8) is 0 Å². The van der Waals surface area contributed by atoms with Crippen molar-refractivity contribution >= 4 is 22.6 Å². The lowest BCUT2D eigenvalue weighted by molar-refractivity contribution is 0.100. The van der Waals surface area contributed by atoms with Crippen LogP contribution in [0.25, 0.3) is 16.5 Å². The lowest BCUT2D eigenvalue weighted by Crippen LogP contribution is -2.25. The minimum atomic E-state index is -0.681. The molecule has 0 atom stereocenters. The number of nitrogens with two attached hydrogens (primary N) is 2. The van der Waals surface area contributed by atoms with E-state index in [4.69, 9.17) is 11.5 Å². The molecule has 0 aliphatic heterocycles. The number of aryl methyl sites for hydroxylation is 1. The van der Waals surface area contributed by atoms with Crippen LogP contribution in [0, 0.1) is 12.7 Å². The summed E-state index contributed by atoms with van der Waals surface area (Å²) in [6.07, 6.45) is 1.33. The van der Waals surface area contributed by atoms with E-state index in [1.54, 1.807) is 37.3 Å². The van der Waals surface area contributed by atoms with E-state index < -0.39 is 11.7 Å². The first kappa shape index (κ1) is 16.4. The van der Waals surface area contributed by atoms with Gasteiger partial charge in [-0.3, -0.25) is 14.2 Å². The summed E-state index contributed by atoms with van der Waals surface area (Å²) in [7, 11) is 0. The minimum Gasteiger partial charge on any atom is -0.370 e. The van der Waals surface area contributed by atoms with Crippen LogP contribution >= 0.6 is 0 Å². The maximum atomic E-state index is 13.7. The monoisotopic (exact) mass is 338 g/mol. The Bertz CT molecular complexity index is 1080. The highest BCUT2D eigenvalue weighted by Gasteiger charge is 2.16. The summed E-state index contributed by atoms with van der Waals surface area (Å²) in [5.41, 5.74) is 11.4. The lowest BCUT2D eigenvalue weighted by atomic mass is 10.1. The molecule has 25 heavy (non-hydrogen) atoms. The summed E-state index contributed by atoms with van der Waals surface area (Å²) in [4.78, 5) is 28.8. The minimum absolute atomic E-state index is 0.146. The van der Waals surface area contributed by atoms with E-state index in [0.717, 1.165) is 0 Å². The van der Waals surface area contributed by atoms with Crippen molar-refractivity contribution in [3.8, 4) is 5.69 Å². The molecular weight excluding hydrogens is 323 g/mol. The number of hydrogen-bond acceptors (Lipinski definition) is 2. The third-order valence-corrected chi connectivity index (χ3v) is 3.82. The zero-order chi connectivity index (χ0) is 18.1. The summed E-state index contributed by atoms with van der Waals surface area (Å²) in [6.45, 7) is 1.74. The van der Waals surface area contributed by atoms with Crippen molar-refractivity contribution in [2.24, 2.45) is 16.5 Å². The number of amides is 1. The maximum absolute atomic E-state index is 13.7. The van der Waals surface area contributed by atoms with Gasteiger partial charge in [0.15, 0.2) is 5.96 Å². The normalized spacial score (nSPS) is 10.6. The van der Waals surface area contributed by atoms with Crippen molar-refractivity contribution < 1.29 is 9.18 Å². The van der Waals surface area contributed by atoms with Crippen LogP contribution in [0.3, 0.4) is 0 Å². The van der Waals surface area contributed by atoms with Crippen LogP contribution in [0.2, 0.25) is 0 Å². The number of rotatable bonds is 2. The van der Waals surface area contributed by atoms with E-state index in [9.17, 15) is 14.0 Å². The summed E-state index contributed by atoms with van der Waals surface area (Å²) in [6, 6.07) is 10.7. The molecule has 0 saturated heterocycles. The van der Waals surface area contributed by atoms with Gasteiger partial charge in [-0.05, 0) is 30.7 Å².